The second-order valence-electron chi connectivity index (χ2n) is 3.87. The van der Waals surface area contributed by atoms with E-state index in [1.54, 1.807) is 0 Å². The highest BCUT2D eigenvalue weighted by Crippen LogP contribution is 2.28. The Morgan fingerprint density at radius 1 is 1.54 bits per heavy atom. The van der Waals surface area contributed by atoms with Gasteiger partial charge in [-0.3, -0.25) is 9.69 Å². The van der Waals surface area contributed by atoms with Crippen LogP contribution in [0.1, 0.15) is 12.8 Å². The predicted octanol–water partition coefficient (Wildman–Crippen LogP) is 0.898. The normalized spacial score (nSPS) is 29.4. The van der Waals surface area contributed by atoms with Crippen LogP contribution in [0.25, 0.3) is 0 Å². The van der Waals surface area contributed by atoms with Crippen molar-refractivity contribution in [3.05, 3.63) is 0 Å². The van der Waals surface area contributed by atoms with Crippen molar-refractivity contribution in [3.8, 4) is 0 Å². The van der Waals surface area contributed by atoms with Crippen LogP contribution in [-0.2, 0) is 4.79 Å². The molecular formula is C9H15NO2S. The molecule has 1 atom stereocenters. The maximum absolute atomic E-state index is 10.7. The van der Waals surface area contributed by atoms with Gasteiger partial charge in [-0.2, -0.15) is 11.8 Å². The fourth-order valence-electron chi connectivity index (χ4n) is 1.79. The van der Waals surface area contributed by atoms with Gasteiger partial charge < -0.3 is 5.11 Å². The zero-order valence-corrected chi connectivity index (χ0v) is 8.42. The Labute approximate surface area is 82.5 Å². The minimum atomic E-state index is -0.644. The first-order valence-corrected chi connectivity index (χ1v) is 5.97. The van der Waals surface area contributed by atoms with Crippen molar-refractivity contribution in [2.24, 2.45) is 5.92 Å². The molecule has 0 aromatic rings. The molecular weight excluding hydrogens is 186 g/mol. The van der Waals surface area contributed by atoms with Gasteiger partial charge in [0.05, 0.1) is 0 Å². The summed E-state index contributed by atoms with van der Waals surface area (Å²) in [7, 11) is 0. The molecule has 0 spiro atoms. The van der Waals surface area contributed by atoms with Gasteiger partial charge in [-0.25, -0.2) is 0 Å². The monoisotopic (exact) mass is 201 g/mol. The summed E-state index contributed by atoms with van der Waals surface area (Å²) in [6.45, 7) is 1.97. The SMILES string of the molecule is O=C(O)C1CCN1CCC1CSC1. The molecule has 0 aromatic heterocycles. The van der Waals surface area contributed by atoms with Crippen LogP contribution in [0.15, 0.2) is 0 Å². The van der Waals surface area contributed by atoms with Crippen molar-refractivity contribution in [2.75, 3.05) is 24.6 Å². The molecule has 0 aromatic carbocycles. The highest BCUT2D eigenvalue weighted by molar-refractivity contribution is 8.00. The number of hydrogen-bond acceptors (Lipinski definition) is 3. The van der Waals surface area contributed by atoms with Crippen molar-refractivity contribution in [1.29, 1.82) is 0 Å². The van der Waals surface area contributed by atoms with Crippen LogP contribution in [0.4, 0.5) is 0 Å². The number of thioether (sulfide) groups is 1. The van der Waals surface area contributed by atoms with Crippen LogP contribution < -0.4 is 0 Å². The van der Waals surface area contributed by atoms with Crippen LogP contribution in [0, 0.1) is 5.92 Å². The number of likely N-dealkylation sites (tertiary alicyclic amines) is 1. The van der Waals surface area contributed by atoms with Gasteiger partial charge in [0.15, 0.2) is 0 Å². The minimum absolute atomic E-state index is 0.173. The summed E-state index contributed by atoms with van der Waals surface area (Å²) in [5.41, 5.74) is 0. The van der Waals surface area contributed by atoms with Crippen LogP contribution in [0.5, 0.6) is 0 Å². The Morgan fingerprint density at radius 2 is 2.31 bits per heavy atom. The molecule has 2 heterocycles. The van der Waals surface area contributed by atoms with E-state index in [1.807, 2.05) is 11.8 Å². The van der Waals surface area contributed by atoms with Gasteiger partial charge in [0.2, 0.25) is 0 Å². The minimum Gasteiger partial charge on any atom is -0.480 e. The Morgan fingerprint density at radius 3 is 2.69 bits per heavy atom. The summed E-state index contributed by atoms with van der Waals surface area (Å²) in [5.74, 6) is 2.78. The van der Waals surface area contributed by atoms with Crippen LogP contribution in [0.2, 0.25) is 0 Å². The topological polar surface area (TPSA) is 40.5 Å². The lowest BCUT2D eigenvalue weighted by atomic mass is 10.0. The first kappa shape index (κ1) is 9.34. The van der Waals surface area contributed by atoms with E-state index >= 15 is 0 Å². The molecule has 2 fully saturated rings. The third-order valence-corrected chi connectivity index (χ3v) is 4.36. The number of carboxylic acids is 1. The Bertz CT molecular complexity index is 206. The van der Waals surface area contributed by atoms with Gasteiger partial charge in [-0.1, -0.05) is 0 Å². The number of aliphatic carboxylic acids is 1. The van der Waals surface area contributed by atoms with Crippen LogP contribution in [0.3, 0.4) is 0 Å². The van der Waals surface area contributed by atoms with Crippen LogP contribution >= 0.6 is 11.8 Å². The lowest BCUT2D eigenvalue weighted by molar-refractivity contribution is -0.148. The maximum Gasteiger partial charge on any atom is 0.320 e. The van der Waals surface area contributed by atoms with Gasteiger partial charge in [0.1, 0.15) is 6.04 Å². The van der Waals surface area contributed by atoms with E-state index in [0.717, 1.165) is 25.4 Å². The van der Waals surface area contributed by atoms with Gasteiger partial charge in [-0.05, 0) is 36.8 Å². The molecule has 2 aliphatic rings. The summed E-state index contributed by atoms with van der Waals surface area (Å²) < 4.78 is 0. The van der Waals surface area contributed by atoms with E-state index in [9.17, 15) is 4.79 Å². The maximum atomic E-state index is 10.7. The smallest absolute Gasteiger partial charge is 0.320 e. The molecule has 2 aliphatic heterocycles. The van der Waals surface area contributed by atoms with Gasteiger partial charge in [0, 0.05) is 6.54 Å². The van der Waals surface area contributed by atoms with Crippen molar-refractivity contribution in [2.45, 2.75) is 18.9 Å². The van der Waals surface area contributed by atoms with E-state index in [1.165, 1.54) is 17.9 Å². The third-order valence-electron chi connectivity index (χ3n) is 2.95. The average Bonchev–Trinajstić information content (AvgIpc) is 1.90. The molecule has 0 saturated carbocycles. The fraction of sp³-hybridized carbons (Fsp3) is 0.889. The summed E-state index contributed by atoms with van der Waals surface area (Å²) in [5, 5.41) is 8.79. The molecule has 1 unspecified atom stereocenters. The summed E-state index contributed by atoms with van der Waals surface area (Å²) in [4.78, 5) is 12.8. The second kappa shape index (κ2) is 3.88. The van der Waals surface area contributed by atoms with E-state index in [2.05, 4.69) is 4.90 Å². The number of rotatable bonds is 4. The number of nitrogens with zero attached hydrogens (tertiary/aromatic N) is 1. The molecule has 2 saturated heterocycles. The number of hydrogen-bond donors (Lipinski definition) is 1. The van der Waals surface area contributed by atoms with Crippen molar-refractivity contribution >= 4 is 17.7 Å². The van der Waals surface area contributed by atoms with E-state index < -0.39 is 5.97 Å². The molecule has 1 N–H and O–H groups in total. The number of carboxylic acid groups (broad SMARTS) is 1. The summed E-state index contributed by atoms with van der Waals surface area (Å²) in [6.07, 6.45) is 2.03. The Kier molecular flexibility index (Phi) is 2.79. The largest absolute Gasteiger partial charge is 0.480 e. The average molecular weight is 201 g/mol. The molecule has 0 bridgehead atoms. The molecule has 0 aliphatic carbocycles. The first-order valence-electron chi connectivity index (χ1n) is 4.82. The summed E-state index contributed by atoms with van der Waals surface area (Å²) in [6, 6.07) is -0.173. The fourth-order valence-corrected chi connectivity index (χ4v) is 2.69. The predicted molar refractivity (Wildman–Crippen MR) is 53.0 cm³/mol. The Hall–Kier alpha value is -0.220. The lowest BCUT2D eigenvalue weighted by Gasteiger charge is -2.39. The van der Waals surface area contributed by atoms with Crippen LogP contribution in [-0.4, -0.2) is 46.6 Å². The third kappa shape index (κ3) is 1.99. The van der Waals surface area contributed by atoms with Crippen molar-refractivity contribution in [3.63, 3.8) is 0 Å². The molecule has 2 rings (SSSR count). The number of carbonyl (C=O) groups is 1. The standard InChI is InChI=1S/C9H15NO2S/c11-9(12)8-2-4-10(8)3-1-7-5-13-6-7/h7-8H,1-6H2,(H,11,12). The zero-order valence-electron chi connectivity index (χ0n) is 7.61. The van der Waals surface area contributed by atoms with Crippen molar-refractivity contribution in [1.82, 2.24) is 4.90 Å². The van der Waals surface area contributed by atoms with Gasteiger partial charge >= 0.3 is 5.97 Å². The highest BCUT2D eigenvalue weighted by Gasteiger charge is 2.34. The first-order chi connectivity index (χ1) is 6.27. The van der Waals surface area contributed by atoms with Crippen molar-refractivity contribution < 1.29 is 9.90 Å². The molecule has 0 amide bonds. The zero-order chi connectivity index (χ0) is 9.26. The van der Waals surface area contributed by atoms with E-state index in [4.69, 9.17) is 5.11 Å². The molecule has 3 nitrogen and oxygen atoms in total. The Balaban J connectivity index is 1.66. The summed E-state index contributed by atoms with van der Waals surface area (Å²) >= 11 is 1.99. The molecule has 74 valence electrons. The molecule has 0 radical (unpaired) electrons. The molecule has 13 heavy (non-hydrogen) atoms. The highest BCUT2D eigenvalue weighted by atomic mass is 32.2. The van der Waals surface area contributed by atoms with Gasteiger partial charge in [0.25, 0.3) is 0 Å². The van der Waals surface area contributed by atoms with E-state index in [-0.39, 0.29) is 6.04 Å². The van der Waals surface area contributed by atoms with Gasteiger partial charge in [-0.15, -0.1) is 0 Å². The quantitative estimate of drug-likeness (QED) is 0.733. The second-order valence-corrected chi connectivity index (χ2v) is 4.95. The van der Waals surface area contributed by atoms with E-state index in [0.29, 0.717) is 0 Å². The lowest BCUT2D eigenvalue weighted by Crippen LogP contribution is -2.53. The molecule has 4 heteroatoms.